The van der Waals surface area contributed by atoms with Gasteiger partial charge in [0.1, 0.15) is 0 Å². The lowest BCUT2D eigenvalue weighted by molar-refractivity contribution is 0.207. The standard InChI is InChI=1S/C15H16Cl2N2O/c16-13-4-3-12(9-14(13)17)18-15(20)19-7-5-11(6-8-19)10-1-2-10/h3-4,9H,1-2,5-8H2,(H,18,20). The Labute approximate surface area is 128 Å². The largest absolute Gasteiger partial charge is 0.324 e. The number of hydrogen-bond acceptors (Lipinski definition) is 1. The van der Waals surface area contributed by atoms with Crippen LogP contribution in [-0.2, 0) is 0 Å². The minimum atomic E-state index is -0.0664. The van der Waals surface area contributed by atoms with E-state index in [1.807, 2.05) is 4.90 Å². The maximum absolute atomic E-state index is 12.2. The number of allylic oxidation sites excluding steroid dienone is 1. The number of benzene rings is 1. The number of hydrogen-bond donors (Lipinski definition) is 1. The number of nitrogens with one attached hydrogen (secondary N) is 1. The van der Waals surface area contributed by atoms with E-state index in [4.69, 9.17) is 23.2 Å². The lowest BCUT2D eigenvalue weighted by Gasteiger charge is -2.28. The van der Waals surface area contributed by atoms with E-state index >= 15 is 0 Å². The number of carbonyl (C=O) groups is 1. The first-order valence-electron chi connectivity index (χ1n) is 6.84. The number of nitrogens with zero attached hydrogens (tertiary/aromatic N) is 1. The molecule has 0 aromatic heterocycles. The van der Waals surface area contributed by atoms with E-state index in [0.717, 1.165) is 25.9 Å². The van der Waals surface area contributed by atoms with Crippen molar-refractivity contribution in [1.29, 1.82) is 0 Å². The van der Waals surface area contributed by atoms with Gasteiger partial charge in [0.05, 0.1) is 10.0 Å². The Balaban J connectivity index is 1.59. The SMILES string of the molecule is O=C(Nc1ccc(Cl)c(Cl)c1)N1CCC(=C2CC2)CC1. The van der Waals surface area contributed by atoms with Crippen LogP contribution < -0.4 is 5.32 Å². The highest BCUT2D eigenvalue weighted by Crippen LogP contribution is 2.36. The Hall–Kier alpha value is -1.19. The molecule has 1 heterocycles. The molecule has 1 saturated heterocycles. The molecule has 1 N–H and O–H groups in total. The van der Waals surface area contributed by atoms with Crippen molar-refractivity contribution in [2.45, 2.75) is 25.7 Å². The molecule has 1 aromatic carbocycles. The molecule has 0 spiro atoms. The summed E-state index contributed by atoms with van der Waals surface area (Å²) in [7, 11) is 0. The molecule has 2 fully saturated rings. The number of halogens is 2. The zero-order valence-electron chi connectivity index (χ0n) is 11.1. The van der Waals surface area contributed by atoms with E-state index < -0.39 is 0 Å². The molecule has 1 aliphatic carbocycles. The highest BCUT2D eigenvalue weighted by Gasteiger charge is 2.24. The number of urea groups is 1. The smallest absolute Gasteiger partial charge is 0.321 e. The van der Waals surface area contributed by atoms with E-state index in [-0.39, 0.29) is 6.03 Å². The molecule has 1 saturated carbocycles. The van der Waals surface area contributed by atoms with Gasteiger partial charge >= 0.3 is 6.03 Å². The number of anilines is 1. The normalized spacial score (nSPS) is 18.2. The van der Waals surface area contributed by atoms with Crippen molar-refractivity contribution >= 4 is 34.9 Å². The number of rotatable bonds is 1. The average molecular weight is 311 g/mol. The second-order valence-corrected chi connectivity index (χ2v) is 6.07. The van der Waals surface area contributed by atoms with Gasteiger partial charge in [0, 0.05) is 18.8 Å². The molecular formula is C15H16Cl2N2O. The summed E-state index contributed by atoms with van der Waals surface area (Å²) in [6.45, 7) is 1.60. The molecule has 2 amide bonds. The van der Waals surface area contributed by atoms with Crippen LogP contribution in [-0.4, -0.2) is 24.0 Å². The van der Waals surface area contributed by atoms with Gasteiger partial charge in [-0.15, -0.1) is 0 Å². The van der Waals surface area contributed by atoms with Crippen molar-refractivity contribution in [3.8, 4) is 0 Å². The quantitative estimate of drug-likeness (QED) is 0.748. The minimum absolute atomic E-state index is 0.0664. The third kappa shape index (κ3) is 3.10. The zero-order chi connectivity index (χ0) is 14.1. The second-order valence-electron chi connectivity index (χ2n) is 5.25. The average Bonchev–Trinajstić information content (AvgIpc) is 3.28. The molecule has 0 radical (unpaired) electrons. The number of carbonyl (C=O) groups excluding carboxylic acids is 1. The fourth-order valence-corrected chi connectivity index (χ4v) is 2.82. The third-order valence-electron chi connectivity index (χ3n) is 3.83. The Morgan fingerprint density at radius 2 is 1.65 bits per heavy atom. The molecule has 5 heteroatoms. The van der Waals surface area contributed by atoms with Crippen LogP contribution in [0.5, 0.6) is 0 Å². The second kappa shape index (κ2) is 5.66. The van der Waals surface area contributed by atoms with Crippen molar-refractivity contribution < 1.29 is 4.79 Å². The third-order valence-corrected chi connectivity index (χ3v) is 4.56. The van der Waals surface area contributed by atoms with Gasteiger partial charge in [0.2, 0.25) is 0 Å². The number of amides is 2. The molecule has 1 aromatic rings. The lowest BCUT2D eigenvalue weighted by atomic mass is 10.0. The van der Waals surface area contributed by atoms with Crippen LogP contribution >= 0.6 is 23.2 Å². The van der Waals surface area contributed by atoms with Crippen molar-refractivity contribution in [3.05, 3.63) is 39.4 Å². The van der Waals surface area contributed by atoms with Gasteiger partial charge in [-0.2, -0.15) is 0 Å². The Morgan fingerprint density at radius 3 is 2.25 bits per heavy atom. The molecular weight excluding hydrogens is 295 g/mol. The van der Waals surface area contributed by atoms with Crippen molar-refractivity contribution in [2.24, 2.45) is 0 Å². The predicted octanol–water partition coefficient (Wildman–Crippen LogP) is 4.71. The van der Waals surface area contributed by atoms with Gasteiger partial charge in [-0.25, -0.2) is 4.79 Å². The first kappa shape index (κ1) is 13.8. The Bertz CT molecular complexity index is 567. The number of piperidine rings is 1. The molecule has 20 heavy (non-hydrogen) atoms. The minimum Gasteiger partial charge on any atom is -0.324 e. The van der Waals surface area contributed by atoms with Crippen LogP contribution in [0.3, 0.4) is 0 Å². The van der Waals surface area contributed by atoms with Crippen LogP contribution in [0.4, 0.5) is 10.5 Å². The van der Waals surface area contributed by atoms with Crippen molar-refractivity contribution in [3.63, 3.8) is 0 Å². The molecule has 2 aliphatic rings. The van der Waals surface area contributed by atoms with E-state index in [9.17, 15) is 4.79 Å². The monoisotopic (exact) mass is 310 g/mol. The molecule has 106 valence electrons. The fourth-order valence-electron chi connectivity index (χ4n) is 2.53. The van der Waals surface area contributed by atoms with Crippen LogP contribution in [0.25, 0.3) is 0 Å². The highest BCUT2D eigenvalue weighted by molar-refractivity contribution is 6.42. The summed E-state index contributed by atoms with van der Waals surface area (Å²) in [6, 6.07) is 5.05. The van der Waals surface area contributed by atoms with Crippen LogP contribution in [0.1, 0.15) is 25.7 Å². The van der Waals surface area contributed by atoms with Gasteiger partial charge < -0.3 is 10.2 Å². The first-order valence-corrected chi connectivity index (χ1v) is 7.60. The maximum atomic E-state index is 12.2. The van der Waals surface area contributed by atoms with Crippen LogP contribution in [0.2, 0.25) is 10.0 Å². The Morgan fingerprint density at radius 1 is 1.00 bits per heavy atom. The summed E-state index contributed by atoms with van der Waals surface area (Å²) >= 11 is 11.8. The lowest BCUT2D eigenvalue weighted by Crippen LogP contribution is -2.39. The fraction of sp³-hybridized carbons (Fsp3) is 0.400. The van der Waals surface area contributed by atoms with Gasteiger partial charge in [-0.1, -0.05) is 34.3 Å². The predicted molar refractivity (Wildman–Crippen MR) is 82.5 cm³/mol. The molecule has 3 rings (SSSR count). The van der Waals surface area contributed by atoms with E-state index in [0.29, 0.717) is 15.7 Å². The molecule has 0 unspecified atom stereocenters. The molecule has 0 bridgehead atoms. The van der Waals surface area contributed by atoms with Crippen LogP contribution in [0, 0.1) is 0 Å². The van der Waals surface area contributed by atoms with E-state index in [1.54, 1.807) is 29.3 Å². The van der Waals surface area contributed by atoms with E-state index in [2.05, 4.69) is 5.32 Å². The number of likely N-dealkylation sites (tertiary alicyclic amines) is 1. The molecule has 0 atom stereocenters. The summed E-state index contributed by atoms with van der Waals surface area (Å²) in [5, 5.41) is 3.80. The van der Waals surface area contributed by atoms with Gasteiger partial charge in [-0.05, 0) is 43.9 Å². The summed E-state index contributed by atoms with van der Waals surface area (Å²) in [5.41, 5.74) is 3.87. The summed E-state index contributed by atoms with van der Waals surface area (Å²) in [6.07, 6.45) is 4.57. The topological polar surface area (TPSA) is 32.3 Å². The van der Waals surface area contributed by atoms with Crippen molar-refractivity contribution in [1.82, 2.24) is 4.90 Å². The summed E-state index contributed by atoms with van der Waals surface area (Å²) in [4.78, 5) is 14.0. The first-order chi connectivity index (χ1) is 9.63. The van der Waals surface area contributed by atoms with Crippen molar-refractivity contribution in [2.75, 3.05) is 18.4 Å². The van der Waals surface area contributed by atoms with Crippen LogP contribution in [0.15, 0.2) is 29.3 Å². The Kier molecular flexibility index (Phi) is 3.90. The zero-order valence-corrected chi connectivity index (χ0v) is 12.6. The van der Waals surface area contributed by atoms with Gasteiger partial charge in [0.25, 0.3) is 0 Å². The molecule has 1 aliphatic heterocycles. The van der Waals surface area contributed by atoms with Gasteiger partial charge in [0.15, 0.2) is 0 Å². The van der Waals surface area contributed by atoms with Gasteiger partial charge in [-0.3, -0.25) is 0 Å². The summed E-state index contributed by atoms with van der Waals surface area (Å²) < 4.78 is 0. The maximum Gasteiger partial charge on any atom is 0.321 e. The highest BCUT2D eigenvalue weighted by atomic mass is 35.5. The molecule has 3 nitrogen and oxygen atoms in total. The summed E-state index contributed by atoms with van der Waals surface area (Å²) in [5.74, 6) is 0. The van der Waals surface area contributed by atoms with E-state index in [1.165, 1.54) is 12.8 Å².